The molecule has 1 aliphatic carbocycles. The van der Waals surface area contributed by atoms with Gasteiger partial charge in [-0.25, -0.2) is 0 Å². The second-order valence-electron chi connectivity index (χ2n) is 7.88. The van der Waals surface area contributed by atoms with Gasteiger partial charge in [-0.1, -0.05) is 27.7 Å². The maximum absolute atomic E-state index is 3.85. The average Bonchev–Trinajstić information content (AvgIpc) is 2.85. The van der Waals surface area contributed by atoms with Crippen LogP contribution in [0.4, 0.5) is 0 Å². The normalized spacial score (nSPS) is 25.0. The summed E-state index contributed by atoms with van der Waals surface area (Å²) < 4.78 is 0. The lowest BCUT2D eigenvalue weighted by atomic mass is 9.68. The fraction of sp³-hybridized carbons (Fsp3) is 0.789. The molecule has 1 aromatic rings. The van der Waals surface area contributed by atoms with Gasteiger partial charge in [-0.15, -0.1) is 11.3 Å². The maximum atomic E-state index is 3.85. The molecule has 1 aromatic heterocycles. The molecule has 1 atom stereocenters. The number of aryl methyl sites for hydroxylation is 1. The summed E-state index contributed by atoms with van der Waals surface area (Å²) in [6, 6.07) is 2.87. The van der Waals surface area contributed by atoms with Gasteiger partial charge < -0.3 is 5.32 Å². The number of hydrogen-bond donors (Lipinski definition) is 1. The Morgan fingerprint density at radius 2 is 1.90 bits per heavy atom. The molecule has 1 saturated carbocycles. The molecule has 1 nitrogen and oxygen atoms in total. The van der Waals surface area contributed by atoms with Crippen LogP contribution in [0.15, 0.2) is 11.4 Å². The van der Waals surface area contributed by atoms with E-state index in [9.17, 15) is 0 Å². The molecule has 1 unspecified atom stereocenters. The second kappa shape index (κ2) is 7.28. The van der Waals surface area contributed by atoms with Crippen molar-refractivity contribution in [2.75, 3.05) is 6.54 Å². The van der Waals surface area contributed by atoms with Gasteiger partial charge in [-0.05, 0) is 79.8 Å². The Morgan fingerprint density at radius 3 is 2.38 bits per heavy atom. The van der Waals surface area contributed by atoms with E-state index in [4.69, 9.17) is 0 Å². The van der Waals surface area contributed by atoms with Crippen LogP contribution in [0.1, 0.15) is 76.3 Å². The van der Waals surface area contributed by atoms with E-state index in [-0.39, 0.29) is 0 Å². The van der Waals surface area contributed by atoms with Crippen molar-refractivity contribution in [3.05, 3.63) is 21.9 Å². The smallest absolute Gasteiger partial charge is 0.0446 e. The lowest BCUT2D eigenvalue weighted by molar-refractivity contribution is 0.133. The monoisotopic (exact) mass is 307 g/mol. The lowest BCUT2D eigenvalue weighted by Gasteiger charge is -2.39. The van der Waals surface area contributed by atoms with E-state index < -0.39 is 0 Å². The third-order valence-corrected chi connectivity index (χ3v) is 6.37. The molecule has 1 fully saturated rings. The zero-order valence-corrected chi connectivity index (χ0v) is 15.4. The van der Waals surface area contributed by atoms with Gasteiger partial charge in [0.1, 0.15) is 0 Å². The van der Waals surface area contributed by atoms with E-state index in [1.807, 2.05) is 11.3 Å². The number of hydrogen-bond acceptors (Lipinski definition) is 2. The molecule has 120 valence electrons. The highest BCUT2D eigenvalue weighted by molar-refractivity contribution is 7.10. The summed E-state index contributed by atoms with van der Waals surface area (Å²) in [6.45, 7) is 12.9. The van der Waals surface area contributed by atoms with Gasteiger partial charge in [-0.3, -0.25) is 0 Å². The van der Waals surface area contributed by atoms with Crippen molar-refractivity contribution in [1.29, 1.82) is 0 Å². The van der Waals surface area contributed by atoms with Crippen molar-refractivity contribution in [3.8, 4) is 0 Å². The zero-order chi connectivity index (χ0) is 15.5. The molecule has 0 aliphatic heterocycles. The molecule has 0 saturated heterocycles. The van der Waals surface area contributed by atoms with Gasteiger partial charge in [0.15, 0.2) is 0 Å². The van der Waals surface area contributed by atoms with Crippen LogP contribution in [0.25, 0.3) is 0 Å². The SMILES string of the molecule is CCCNC(c1sccc1C)C1CCC(C(C)(C)C)CC1. The van der Waals surface area contributed by atoms with Crippen LogP contribution in [-0.2, 0) is 0 Å². The predicted molar refractivity (Wildman–Crippen MR) is 95.0 cm³/mol. The van der Waals surface area contributed by atoms with Crippen LogP contribution in [0, 0.1) is 24.2 Å². The zero-order valence-electron chi connectivity index (χ0n) is 14.5. The van der Waals surface area contributed by atoms with E-state index in [1.165, 1.54) is 37.7 Å². The van der Waals surface area contributed by atoms with Crippen LogP contribution >= 0.6 is 11.3 Å². The van der Waals surface area contributed by atoms with Gasteiger partial charge in [0.25, 0.3) is 0 Å². The standard InChI is InChI=1S/C19H33NS/c1-6-12-20-17(18-14(2)11-13-21-18)15-7-9-16(10-8-15)19(3,4)5/h11,13,15-17,20H,6-10,12H2,1-5H3. The second-order valence-corrected chi connectivity index (χ2v) is 8.83. The molecule has 1 aliphatic rings. The molecule has 1 heterocycles. The van der Waals surface area contributed by atoms with Crippen molar-refractivity contribution in [3.63, 3.8) is 0 Å². The topological polar surface area (TPSA) is 12.0 Å². The Hall–Kier alpha value is -0.340. The molecular weight excluding hydrogens is 274 g/mol. The van der Waals surface area contributed by atoms with Crippen LogP contribution in [0.5, 0.6) is 0 Å². The third-order valence-electron chi connectivity index (χ3n) is 5.27. The summed E-state index contributed by atoms with van der Waals surface area (Å²) in [7, 11) is 0. The first-order valence-corrected chi connectivity index (χ1v) is 9.58. The average molecular weight is 308 g/mol. The minimum atomic E-state index is 0.482. The molecule has 0 aromatic carbocycles. The first kappa shape index (κ1) is 17.0. The minimum absolute atomic E-state index is 0.482. The van der Waals surface area contributed by atoms with Crippen LogP contribution in [0.3, 0.4) is 0 Å². The van der Waals surface area contributed by atoms with Gasteiger partial charge in [0.05, 0.1) is 0 Å². The number of nitrogens with one attached hydrogen (secondary N) is 1. The Bertz CT molecular complexity index is 421. The van der Waals surface area contributed by atoms with Crippen LogP contribution < -0.4 is 5.32 Å². The summed E-state index contributed by atoms with van der Waals surface area (Å²) in [4.78, 5) is 1.59. The summed E-state index contributed by atoms with van der Waals surface area (Å²) in [5.41, 5.74) is 1.96. The molecule has 2 heteroatoms. The maximum Gasteiger partial charge on any atom is 0.0446 e. The Morgan fingerprint density at radius 1 is 1.24 bits per heavy atom. The van der Waals surface area contributed by atoms with Crippen molar-refractivity contribution < 1.29 is 0 Å². The highest BCUT2D eigenvalue weighted by Gasteiger charge is 2.33. The Kier molecular flexibility index (Phi) is 5.90. The third kappa shape index (κ3) is 4.32. The van der Waals surface area contributed by atoms with E-state index >= 15 is 0 Å². The number of thiophene rings is 1. The summed E-state index contributed by atoms with van der Waals surface area (Å²) in [5.74, 6) is 1.73. The minimum Gasteiger partial charge on any atom is -0.309 e. The van der Waals surface area contributed by atoms with Gasteiger partial charge in [-0.2, -0.15) is 0 Å². The summed E-state index contributed by atoms with van der Waals surface area (Å²) in [6.07, 6.45) is 6.81. The number of rotatable bonds is 5. The van der Waals surface area contributed by atoms with E-state index in [0.717, 1.165) is 18.4 Å². The van der Waals surface area contributed by atoms with E-state index in [0.29, 0.717) is 11.5 Å². The van der Waals surface area contributed by atoms with Crippen molar-refractivity contribution in [2.24, 2.45) is 17.3 Å². The fourth-order valence-electron chi connectivity index (χ4n) is 3.79. The molecule has 0 spiro atoms. The lowest BCUT2D eigenvalue weighted by Crippen LogP contribution is -2.33. The highest BCUT2D eigenvalue weighted by Crippen LogP contribution is 2.44. The molecule has 0 radical (unpaired) electrons. The first-order valence-electron chi connectivity index (χ1n) is 8.70. The van der Waals surface area contributed by atoms with E-state index in [2.05, 4.69) is 51.4 Å². The quantitative estimate of drug-likeness (QED) is 0.708. The van der Waals surface area contributed by atoms with E-state index in [1.54, 1.807) is 4.88 Å². The molecular formula is C19H33NS. The van der Waals surface area contributed by atoms with Crippen molar-refractivity contribution in [2.45, 2.75) is 72.8 Å². The molecule has 21 heavy (non-hydrogen) atoms. The molecule has 2 rings (SSSR count). The van der Waals surface area contributed by atoms with Crippen molar-refractivity contribution in [1.82, 2.24) is 5.32 Å². The van der Waals surface area contributed by atoms with Crippen LogP contribution in [0.2, 0.25) is 0 Å². The highest BCUT2D eigenvalue weighted by atomic mass is 32.1. The van der Waals surface area contributed by atoms with Crippen molar-refractivity contribution >= 4 is 11.3 Å². The Labute approximate surface area is 135 Å². The molecule has 0 amide bonds. The predicted octanol–water partition coefficient (Wildman–Crippen LogP) is 5.95. The Balaban J connectivity index is 2.04. The molecule has 1 N–H and O–H groups in total. The van der Waals surface area contributed by atoms with Gasteiger partial charge in [0.2, 0.25) is 0 Å². The summed E-state index contributed by atoms with van der Waals surface area (Å²) >= 11 is 1.95. The first-order chi connectivity index (χ1) is 9.93. The summed E-state index contributed by atoms with van der Waals surface area (Å²) in [5, 5.41) is 6.10. The largest absolute Gasteiger partial charge is 0.309 e. The van der Waals surface area contributed by atoms with Gasteiger partial charge >= 0.3 is 0 Å². The fourth-order valence-corrected chi connectivity index (χ4v) is 4.89. The van der Waals surface area contributed by atoms with Crippen LogP contribution in [-0.4, -0.2) is 6.54 Å². The van der Waals surface area contributed by atoms with Gasteiger partial charge in [0, 0.05) is 10.9 Å². The molecule has 0 bridgehead atoms.